The molecule has 0 saturated carbocycles. The molecule has 9 heteroatoms. The Balaban J connectivity index is 2.22. The third-order valence-electron chi connectivity index (χ3n) is 3.16. The Kier molecular flexibility index (Phi) is 5.28. The van der Waals surface area contributed by atoms with Crippen molar-refractivity contribution in [3.05, 3.63) is 40.9 Å². The minimum Gasteiger partial charge on any atom is -0.481 e. The van der Waals surface area contributed by atoms with Gasteiger partial charge in [-0.3, -0.25) is 9.59 Å². The van der Waals surface area contributed by atoms with E-state index in [2.05, 4.69) is 10.3 Å². The zero-order chi connectivity index (χ0) is 17.0. The third-order valence-corrected chi connectivity index (χ3v) is 3.45. The molecule has 0 unspecified atom stereocenters. The topological polar surface area (TPSA) is 88.3 Å². The molecular formula is C14H14ClFN4O3. The maximum absolute atomic E-state index is 14.0. The van der Waals surface area contributed by atoms with Crippen molar-refractivity contribution >= 4 is 23.5 Å². The number of halogens is 2. The van der Waals surface area contributed by atoms with Crippen LogP contribution in [-0.4, -0.2) is 50.0 Å². The number of carboxylic acids is 1. The molecular weight excluding hydrogens is 327 g/mol. The Bertz CT molecular complexity index is 735. The van der Waals surface area contributed by atoms with Crippen LogP contribution in [0.25, 0.3) is 5.69 Å². The first-order chi connectivity index (χ1) is 10.9. The van der Waals surface area contributed by atoms with E-state index in [1.807, 2.05) is 0 Å². The predicted molar refractivity (Wildman–Crippen MR) is 80.2 cm³/mol. The summed E-state index contributed by atoms with van der Waals surface area (Å²) in [5.74, 6) is -2.14. The minimum absolute atomic E-state index is 0.00313. The van der Waals surface area contributed by atoms with Crippen molar-refractivity contribution in [2.24, 2.45) is 0 Å². The highest BCUT2D eigenvalue weighted by atomic mass is 35.5. The summed E-state index contributed by atoms with van der Waals surface area (Å²) in [4.78, 5) is 24.2. The number of nitrogens with zero attached hydrogens (tertiary/aromatic N) is 4. The first kappa shape index (κ1) is 16.9. The van der Waals surface area contributed by atoms with E-state index >= 15 is 0 Å². The molecule has 0 saturated heterocycles. The molecule has 0 radical (unpaired) electrons. The monoisotopic (exact) mass is 340 g/mol. The van der Waals surface area contributed by atoms with Crippen molar-refractivity contribution < 1.29 is 19.1 Å². The maximum Gasteiger partial charge on any atom is 0.305 e. The van der Waals surface area contributed by atoms with E-state index in [0.29, 0.717) is 6.54 Å². The Morgan fingerprint density at radius 1 is 1.43 bits per heavy atom. The molecule has 23 heavy (non-hydrogen) atoms. The van der Waals surface area contributed by atoms with Crippen LogP contribution in [0.5, 0.6) is 0 Å². The molecule has 1 aromatic carbocycles. The van der Waals surface area contributed by atoms with Crippen molar-refractivity contribution in [3.8, 4) is 5.69 Å². The van der Waals surface area contributed by atoms with E-state index < -0.39 is 17.7 Å². The van der Waals surface area contributed by atoms with Gasteiger partial charge in [-0.2, -0.15) is 0 Å². The summed E-state index contributed by atoms with van der Waals surface area (Å²) < 4.78 is 15.1. The molecule has 2 aromatic rings. The van der Waals surface area contributed by atoms with Crippen LogP contribution in [0.4, 0.5) is 4.39 Å². The normalized spacial score (nSPS) is 10.6. The number of benzene rings is 1. The van der Waals surface area contributed by atoms with Crippen LogP contribution in [-0.2, 0) is 4.79 Å². The molecule has 2 rings (SSSR count). The molecule has 1 amide bonds. The SMILES string of the molecule is CCN(CCC(=O)O)C(=O)c1cn(-c2cccc(Cl)c2F)nn1. The van der Waals surface area contributed by atoms with E-state index in [1.165, 1.54) is 23.2 Å². The average Bonchev–Trinajstić information content (AvgIpc) is 2.99. The van der Waals surface area contributed by atoms with Gasteiger partial charge in [0.25, 0.3) is 5.91 Å². The van der Waals surface area contributed by atoms with Crippen molar-refractivity contribution in [3.63, 3.8) is 0 Å². The number of hydrogen-bond donors (Lipinski definition) is 1. The van der Waals surface area contributed by atoms with Gasteiger partial charge < -0.3 is 10.0 Å². The van der Waals surface area contributed by atoms with Crippen molar-refractivity contribution in [2.75, 3.05) is 13.1 Å². The smallest absolute Gasteiger partial charge is 0.305 e. The zero-order valence-electron chi connectivity index (χ0n) is 12.2. The fourth-order valence-corrected chi connectivity index (χ4v) is 2.11. The van der Waals surface area contributed by atoms with E-state index in [1.54, 1.807) is 13.0 Å². The highest BCUT2D eigenvalue weighted by Crippen LogP contribution is 2.20. The number of amides is 1. The molecule has 0 aliphatic heterocycles. The number of carboxylic acid groups (broad SMARTS) is 1. The highest BCUT2D eigenvalue weighted by Gasteiger charge is 2.20. The van der Waals surface area contributed by atoms with Crippen LogP contribution < -0.4 is 0 Å². The van der Waals surface area contributed by atoms with Gasteiger partial charge in [-0.15, -0.1) is 5.10 Å². The summed E-state index contributed by atoms with van der Waals surface area (Å²) >= 11 is 5.71. The van der Waals surface area contributed by atoms with Crippen LogP contribution >= 0.6 is 11.6 Å². The Morgan fingerprint density at radius 3 is 2.83 bits per heavy atom. The number of aliphatic carboxylic acids is 1. The number of carbonyl (C=O) groups excluding carboxylic acids is 1. The number of carbonyl (C=O) groups is 2. The number of hydrogen-bond acceptors (Lipinski definition) is 4. The minimum atomic E-state index is -0.999. The van der Waals surface area contributed by atoms with E-state index in [9.17, 15) is 14.0 Å². The van der Waals surface area contributed by atoms with Gasteiger partial charge in [-0.1, -0.05) is 22.9 Å². The Morgan fingerprint density at radius 2 is 2.17 bits per heavy atom. The van der Waals surface area contributed by atoms with Gasteiger partial charge in [0.15, 0.2) is 11.5 Å². The molecule has 0 atom stereocenters. The van der Waals surface area contributed by atoms with Gasteiger partial charge in [0, 0.05) is 13.1 Å². The molecule has 0 bridgehead atoms. The molecule has 0 aliphatic rings. The summed E-state index contributed by atoms with van der Waals surface area (Å²) in [6, 6.07) is 4.40. The van der Waals surface area contributed by atoms with Crippen molar-refractivity contribution in [1.29, 1.82) is 0 Å². The Labute approximate surface area is 136 Å². The van der Waals surface area contributed by atoms with E-state index in [0.717, 1.165) is 4.68 Å². The average molecular weight is 341 g/mol. The lowest BCUT2D eigenvalue weighted by molar-refractivity contribution is -0.137. The molecule has 0 aliphatic carbocycles. The van der Waals surface area contributed by atoms with Crippen LogP contribution in [0.3, 0.4) is 0 Å². The van der Waals surface area contributed by atoms with Gasteiger partial charge >= 0.3 is 5.97 Å². The summed E-state index contributed by atoms with van der Waals surface area (Å²) in [5.41, 5.74) is 0.0641. The third kappa shape index (κ3) is 3.84. The molecule has 1 aromatic heterocycles. The lowest BCUT2D eigenvalue weighted by atomic mass is 10.3. The maximum atomic E-state index is 14.0. The van der Waals surface area contributed by atoms with Gasteiger partial charge in [0.2, 0.25) is 0 Å². The number of aromatic nitrogens is 3. The number of rotatable bonds is 6. The fraction of sp³-hybridized carbons (Fsp3) is 0.286. The fourth-order valence-electron chi connectivity index (χ4n) is 1.94. The van der Waals surface area contributed by atoms with E-state index in [4.69, 9.17) is 16.7 Å². The van der Waals surface area contributed by atoms with Gasteiger partial charge in [-0.25, -0.2) is 9.07 Å². The highest BCUT2D eigenvalue weighted by molar-refractivity contribution is 6.30. The summed E-state index contributed by atoms with van der Waals surface area (Å²) in [6.45, 7) is 2.11. The van der Waals surface area contributed by atoms with Crippen molar-refractivity contribution in [1.82, 2.24) is 19.9 Å². The van der Waals surface area contributed by atoms with Crippen LogP contribution in [0.15, 0.2) is 24.4 Å². The predicted octanol–water partition coefficient (Wildman–Crippen LogP) is 2.00. The quantitative estimate of drug-likeness (QED) is 0.868. The standard InChI is InChI=1S/C14H14ClFN4O3/c1-2-19(7-6-12(21)22)14(23)10-8-20(18-17-10)11-5-3-4-9(15)13(11)16/h3-5,8H,2,6-7H2,1H3,(H,21,22). The molecule has 7 nitrogen and oxygen atoms in total. The largest absolute Gasteiger partial charge is 0.481 e. The lowest BCUT2D eigenvalue weighted by Crippen LogP contribution is -2.33. The van der Waals surface area contributed by atoms with Gasteiger partial charge in [0.1, 0.15) is 5.69 Å². The van der Waals surface area contributed by atoms with Crippen LogP contribution in [0.1, 0.15) is 23.8 Å². The van der Waals surface area contributed by atoms with Crippen LogP contribution in [0, 0.1) is 5.82 Å². The molecule has 1 N–H and O–H groups in total. The summed E-state index contributed by atoms with van der Waals surface area (Å²) in [7, 11) is 0. The molecule has 1 heterocycles. The second kappa shape index (κ2) is 7.19. The first-order valence-corrected chi connectivity index (χ1v) is 7.19. The van der Waals surface area contributed by atoms with Crippen LogP contribution in [0.2, 0.25) is 5.02 Å². The second-order valence-electron chi connectivity index (χ2n) is 4.65. The summed E-state index contributed by atoms with van der Waals surface area (Å²) in [6.07, 6.45) is 1.11. The lowest BCUT2D eigenvalue weighted by Gasteiger charge is -2.18. The Hall–Kier alpha value is -2.48. The van der Waals surface area contributed by atoms with Gasteiger partial charge in [0.05, 0.1) is 17.6 Å². The first-order valence-electron chi connectivity index (χ1n) is 6.81. The molecule has 0 spiro atoms. The molecule has 122 valence electrons. The van der Waals surface area contributed by atoms with Crippen molar-refractivity contribution in [2.45, 2.75) is 13.3 Å². The van der Waals surface area contributed by atoms with Gasteiger partial charge in [-0.05, 0) is 19.1 Å². The van der Waals surface area contributed by atoms with E-state index in [-0.39, 0.29) is 29.4 Å². The molecule has 0 fully saturated rings. The second-order valence-corrected chi connectivity index (χ2v) is 5.06. The zero-order valence-corrected chi connectivity index (χ0v) is 13.0. The summed E-state index contributed by atoms with van der Waals surface area (Å²) in [5, 5.41) is 16.1.